The smallest absolute Gasteiger partial charge is 0.118 e. The molecule has 2 atom stereocenters. The molecule has 2 saturated heterocycles. The zero-order valence-electron chi connectivity index (χ0n) is 15.9. The molecule has 6 heteroatoms. The number of allylic oxidation sites excluding steroid dienone is 1. The highest BCUT2D eigenvalue weighted by atomic mass is 16.5. The SMILES string of the molecule is CC/N=C(\C=C(/NNC)N1CCOCC1)C1CNC(c2ccccc2)C1. The molecule has 0 aromatic heterocycles. The van der Waals surface area contributed by atoms with Crippen LogP contribution in [0.5, 0.6) is 0 Å². The molecule has 6 nitrogen and oxygen atoms in total. The Hall–Kier alpha value is -1.89. The highest BCUT2D eigenvalue weighted by molar-refractivity contribution is 5.97. The Morgan fingerprint density at radius 1 is 1.31 bits per heavy atom. The first kappa shape index (κ1) is 18.9. The summed E-state index contributed by atoms with van der Waals surface area (Å²) in [4.78, 5) is 7.15. The van der Waals surface area contributed by atoms with E-state index in [1.165, 1.54) is 11.3 Å². The van der Waals surface area contributed by atoms with Gasteiger partial charge in [-0.15, -0.1) is 0 Å². The Balaban J connectivity index is 1.74. The normalized spacial score (nSPS) is 24.8. The van der Waals surface area contributed by atoms with Crippen molar-refractivity contribution in [1.29, 1.82) is 0 Å². The lowest BCUT2D eigenvalue weighted by molar-refractivity contribution is 0.0495. The maximum atomic E-state index is 5.49. The van der Waals surface area contributed by atoms with Gasteiger partial charge in [0.2, 0.25) is 0 Å². The Labute approximate surface area is 156 Å². The lowest BCUT2D eigenvalue weighted by Gasteiger charge is -2.31. The Morgan fingerprint density at radius 3 is 2.77 bits per heavy atom. The molecular weight excluding hydrogens is 326 g/mol. The maximum Gasteiger partial charge on any atom is 0.118 e. The highest BCUT2D eigenvalue weighted by Gasteiger charge is 2.28. The van der Waals surface area contributed by atoms with Gasteiger partial charge >= 0.3 is 0 Å². The summed E-state index contributed by atoms with van der Waals surface area (Å²) in [7, 11) is 1.90. The molecule has 142 valence electrons. The molecule has 2 aliphatic rings. The lowest BCUT2D eigenvalue weighted by Crippen LogP contribution is -2.44. The van der Waals surface area contributed by atoms with Gasteiger partial charge in [0.1, 0.15) is 5.82 Å². The minimum atomic E-state index is 0.403. The fourth-order valence-corrected chi connectivity index (χ4v) is 3.65. The molecule has 0 radical (unpaired) electrons. The summed E-state index contributed by atoms with van der Waals surface area (Å²) in [5.41, 5.74) is 8.88. The Bertz CT molecular complexity index is 610. The van der Waals surface area contributed by atoms with Crippen molar-refractivity contribution in [2.45, 2.75) is 19.4 Å². The first-order chi connectivity index (χ1) is 12.8. The fourth-order valence-electron chi connectivity index (χ4n) is 3.65. The molecule has 1 aromatic carbocycles. The molecule has 0 amide bonds. The molecule has 26 heavy (non-hydrogen) atoms. The van der Waals surface area contributed by atoms with Gasteiger partial charge in [-0.3, -0.25) is 4.99 Å². The van der Waals surface area contributed by atoms with Crippen LogP contribution in [0.3, 0.4) is 0 Å². The lowest BCUT2D eigenvalue weighted by atomic mass is 9.96. The zero-order chi connectivity index (χ0) is 18.2. The number of benzene rings is 1. The predicted octanol–water partition coefficient (Wildman–Crippen LogP) is 1.70. The van der Waals surface area contributed by atoms with Crippen LogP contribution in [-0.4, -0.2) is 57.1 Å². The molecule has 2 heterocycles. The monoisotopic (exact) mass is 357 g/mol. The van der Waals surface area contributed by atoms with E-state index in [0.717, 1.165) is 51.6 Å². The fraction of sp³-hybridized carbons (Fsp3) is 0.550. The summed E-state index contributed by atoms with van der Waals surface area (Å²) in [6.45, 7) is 7.20. The number of hydrazine groups is 1. The topological polar surface area (TPSA) is 60.9 Å². The van der Waals surface area contributed by atoms with Crippen molar-refractivity contribution in [3.63, 3.8) is 0 Å². The number of hydrogen-bond donors (Lipinski definition) is 3. The van der Waals surface area contributed by atoms with E-state index >= 15 is 0 Å². The first-order valence-electron chi connectivity index (χ1n) is 9.61. The summed E-state index contributed by atoms with van der Waals surface area (Å²) in [6.07, 6.45) is 3.29. The summed E-state index contributed by atoms with van der Waals surface area (Å²) < 4.78 is 5.49. The van der Waals surface area contributed by atoms with E-state index in [9.17, 15) is 0 Å². The van der Waals surface area contributed by atoms with Crippen LogP contribution in [0, 0.1) is 5.92 Å². The molecule has 2 unspecified atom stereocenters. The van der Waals surface area contributed by atoms with Gasteiger partial charge in [-0.25, -0.2) is 5.43 Å². The highest BCUT2D eigenvalue weighted by Crippen LogP contribution is 2.28. The van der Waals surface area contributed by atoms with Crippen LogP contribution >= 0.6 is 0 Å². The predicted molar refractivity (Wildman–Crippen MR) is 106 cm³/mol. The molecule has 0 aliphatic carbocycles. The van der Waals surface area contributed by atoms with Gasteiger partial charge in [-0.05, 0) is 18.9 Å². The molecule has 2 aliphatic heterocycles. The molecule has 0 spiro atoms. The van der Waals surface area contributed by atoms with Crippen LogP contribution in [0.15, 0.2) is 47.2 Å². The number of rotatable bonds is 7. The van der Waals surface area contributed by atoms with Gasteiger partial charge in [0.25, 0.3) is 0 Å². The maximum absolute atomic E-state index is 5.49. The number of ether oxygens (including phenoxy) is 1. The Kier molecular flexibility index (Phi) is 7.05. The van der Waals surface area contributed by atoms with Crippen molar-refractivity contribution < 1.29 is 4.74 Å². The second kappa shape index (κ2) is 9.71. The van der Waals surface area contributed by atoms with E-state index in [2.05, 4.69) is 64.4 Å². The van der Waals surface area contributed by atoms with Gasteiger partial charge < -0.3 is 20.4 Å². The number of aliphatic imine (C=N–C) groups is 1. The third-order valence-corrected chi connectivity index (χ3v) is 4.98. The number of nitrogens with zero attached hydrogens (tertiary/aromatic N) is 2. The second-order valence-corrected chi connectivity index (χ2v) is 6.71. The minimum absolute atomic E-state index is 0.403. The van der Waals surface area contributed by atoms with E-state index in [0.29, 0.717) is 12.0 Å². The van der Waals surface area contributed by atoms with Crippen molar-refractivity contribution in [3.8, 4) is 0 Å². The van der Waals surface area contributed by atoms with E-state index in [1.54, 1.807) is 0 Å². The van der Waals surface area contributed by atoms with Crippen molar-refractivity contribution in [2.75, 3.05) is 46.4 Å². The summed E-state index contributed by atoms with van der Waals surface area (Å²) in [5, 5.41) is 3.67. The zero-order valence-corrected chi connectivity index (χ0v) is 15.9. The van der Waals surface area contributed by atoms with Gasteiger partial charge in [0, 0.05) is 57.0 Å². The van der Waals surface area contributed by atoms with Crippen molar-refractivity contribution in [2.24, 2.45) is 10.9 Å². The first-order valence-corrected chi connectivity index (χ1v) is 9.61. The average molecular weight is 358 g/mol. The summed E-state index contributed by atoms with van der Waals surface area (Å²) >= 11 is 0. The van der Waals surface area contributed by atoms with Gasteiger partial charge in [0.15, 0.2) is 0 Å². The number of nitrogens with one attached hydrogen (secondary N) is 3. The third-order valence-electron chi connectivity index (χ3n) is 4.98. The Morgan fingerprint density at radius 2 is 2.08 bits per heavy atom. The molecule has 0 saturated carbocycles. The quantitative estimate of drug-likeness (QED) is 0.512. The summed E-state index contributed by atoms with van der Waals surface area (Å²) in [5.74, 6) is 1.50. The molecule has 2 fully saturated rings. The van der Waals surface area contributed by atoms with Crippen LogP contribution in [0.2, 0.25) is 0 Å². The minimum Gasteiger partial charge on any atom is -0.378 e. The molecule has 1 aromatic rings. The van der Waals surface area contributed by atoms with Crippen LogP contribution in [-0.2, 0) is 4.74 Å². The molecule has 0 bridgehead atoms. The van der Waals surface area contributed by atoms with Gasteiger partial charge in [-0.2, -0.15) is 0 Å². The second-order valence-electron chi connectivity index (χ2n) is 6.71. The van der Waals surface area contributed by atoms with E-state index in [1.807, 2.05) is 7.05 Å². The molecule has 3 N–H and O–H groups in total. The van der Waals surface area contributed by atoms with Gasteiger partial charge in [-0.1, -0.05) is 30.3 Å². The third kappa shape index (κ3) is 4.84. The van der Waals surface area contributed by atoms with Crippen LogP contribution < -0.4 is 16.2 Å². The number of hydrogen-bond acceptors (Lipinski definition) is 6. The largest absolute Gasteiger partial charge is 0.378 e. The van der Waals surface area contributed by atoms with Gasteiger partial charge in [0.05, 0.1) is 13.2 Å². The van der Waals surface area contributed by atoms with Crippen molar-refractivity contribution in [1.82, 2.24) is 21.1 Å². The van der Waals surface area contributed by atoms with E-state index < -0.39 is 0 Å². The van der Waals surface area contributed by atoms with Crippen molar-refractivity contribution in [3.05, 3.63) is 47.8 Å². The standard InChI is InChI=1S/C20H31N5O/c1-3-22-19(14-20(24-21-2)25-9-11-26-12-10-25)17-13-18(23-15-17)16-7-5-4-6-8-16/h4-8,14,17-18,21,23-24H,3,9-13,15H2,1-2H3/b20-14+,22-19+. The molecule has 3 rings (SSSR count). The van der Waals surface area contributed by atoms with Crippen LogP contribution in [0.4, 0.5) is 0 Å². The molecular formula is C20H31N5O. The van der Waals surface area contributed by atoms with Crippen LogP contribution in [0.1, 0.15) is 24.9 Å². The van der Waals surface area contributed by atoms with E-state index in [4.69, 9.17) is 9.73 Å². The van der Waals surface area contributed by atoms with Crippen LogP contribution in [0.25, 0.3) is 0 Å². The number of morpholine rings is 1. The summed E-state index contributed by atoms with van der Waals surface area (Å²) in [6, 6.07) is 11.1. The average Bonchev–Trinajstić information content (AvgIpc) is 3.18. The van der Waals surface area contributed by atoms with Crippen molar-refractivity contribution >= 4 is 5.71 Å². The van der Waals surface area contributed by atoms with E-state index in [-0.39, 0.29) is 0 Å².